The minimum Gasteiger partial charge on any atom is -0.501 e. The second-order valence-electron chi connectivity index (χ2n) is 4.24. The van der Waals surface area contributed by atoms with E-state index in [1.165, 1.54) is 5.69 Å². The molecule has 1 aromatic rings. The molecule has 0 fully saturated rings. The second kappa shape index (κ2) is 7.25. The van der Waals surface area contributed by atoms with Gasteiger partial charge in [0.05, 0.1) is 6.54 Å². The van der Waals surface area contributed by atoms with E-state index >= 15 is 0 Å². The summed E-state index contributed by atoms with van der Waals surface area (Å²) in [7, 11) is 4.05. The summed E-state index contributed by atoms with van der Waals surface area (Å²) in [6, 6.07) is 10.3. The number of nitrogens with zero attached hydrogens (tertiary/aromatic N) is 2. The third-order valence-electron chi connectivity index (χ3n) is 2.64. The molecule has 0 spiro atoms. The summed E-state index contributed by atoms with van der Waals surface area (Å²) in [4.78, 5) is 4.26. The van der Waals surface area contributed by atoms with Gasteiger partial charge in [0, 0.05) is 25.8 Å². The van der Waals surface area contributed by atoms with Gasteiger partial charge in [0.2, 0.25) is 0 Å². The molecule has 0 aliphatic carbocycles. The van der Waals surface area contributed by atoms with Gasteiger partial charge < -0.3 is 10.0 Å². The minimum atomic E-state index is 0.0592. The number of thiocarbonyl (C=S) groups is 1. The van der Waals surface area contributed by atoms with Gasteiger partial charge in [0.25, 0.3) is 0 Å². The van der Waals surface area contributed by atoms with Crippen molar-refractivity contribution in [3.8, 4) is 0 Å². The van der Waals surface area contributed by atoms with E-state index in [-0.39, 0.29) is 5.05 Å². The number of hydrogen-bond acceptors (Lipinski definition) is 3. The van der Waals surface area contributed by atoms with Gasteiger partial charge in [-0.2, -0.15) is 0 Å². The summed E-state index contributed by atoms with van der Waals surface area (Å²) in [5, 5.41) is 9.05. The molecule has 94 valence electrons. The first-order valence-corrected chi connectivity index (χ1v) is 6.17. The van der Waals surface area contributed by atoms with Gasteiger partial charge in [-0.05, 0) is 37.8 Å². The molecule has 0 heterocycles. The third kappa shape index (κ3) is 5.65. The van der Waals surface area contributed by atoms with Crippen LogP contribution in [0.3, 0.4) is 0 Å². The number of rotatable bonds is 7. The average molecular weight is 252 g/mol. The van der Waals surface area contributed by atoms with Gasteiger partial charge in [-0.3, -0.25) is 4.90 Å². The van der Waals surface area contributed by atoms with Gasteiger partial charge in [0.1, 0.15) is 0 Å². The van der Waals surface area contributed by atoms with Crippen LogP contribution in [0, 0.1) is 0 Å². The topological polar surface area (TPSA) is 26.7 Å². The molecular weight excluding hydrogens is 232 g/mol. The van der Waals surface area contributed by atoms with Crippen LogP contribution in [0.15, 0.2) is 30.3 Å². The number of benzene rings is 1. The highest BCUT2D eigenvalue weighted by Gasteiger charge is 2.03. The Morgan fingerprint density at radius 3 is 2.41 bits per heavy atom. The number of aliphatic hydroxyl groups is 1. The lowest BCUT2D eigenvalue weighted by Crippen LogP contribution is -2.28. The first-order chi connectivity index (χ1) is 8.09. The van der Waals surface area contributed by atoms with E-state index < -0.39 is 0 Å². The zero-order valence-electron chi connectivity index (χ0n) is 10.5. The fourth-order valence-electron chi connectivity index (χ4n) is 1.70. The molecule has 4 heteroatoms. The number of hydrogen-bond donors (Lipinski definition) is 1. The first-order valence-electron chi connectivity index (χ1n) is 5.76. The highest BCUT2D eigenvalue weighted by Crippen LogP contribution is 2.10. The highest BCUT2D eigenvalue weighted by molar-refractivity contribution is 7.80. The molecule has 0 saturated carbocycles. The van der Waals surface area contributed by atoms with Crippen molar-refractivity contribution in [2.75, 3.05) is 38.6 Å². The number of para-hydroxylation sites is 1. The molecule has 17 heavy (non-hydrogen) atoms. The van der Waals surface area contributed by atoms with Crippen molar-refractivity contribution in [1.82, 2.24) is 4.90 Å². The van der Waals surface area contributed by atoms with Crippen LogP contribution in [0.2, 0.25) is 0 Å². The first kappa shape index (κ1) is 13.9. The predicted octanol–water partition coefficient (Wildman–Crippen LogP) is 2.33. The Bertz CT molecular complexity index is 343. The maximum Gasteiger partial charge on any atom is 0.170 e. The van der Waals surface area contributed by atoms with Crippen molar-refractivity contribution in [3.63, 3.8) is 0 Å². The van der Waals surface area contributed by atoms with Crippen LogP contribution < -0.4 is 4.90 Å². The Balaban J connectivity index is 2.25. The van der Waals surface area contributed by atoms with Crippen molar-refractivity contribution in [1.29, 1.82) is 0 Å². The Morgan fingerprint density at radius 1 is 1.18 bits per heavy atom. The van der Waals surface area contributed by atoms with Crippen LogP contribution in [0.5, 0.6) is 0 Å². The SMILES string of the molecule is CN(CCCN(C)c1ccccc1)CC(O)=S. The van der Waals surface area contributed by atoms with Crippen LogP contribution in [0.4, 0.5) is 5.69 Å². The van der Waals surface area contributed by atoms with Gasteiger partial charge in [0.15, 0.2) is 5.05 Å². The van der Waals surface area contributed by atoms with Crippen LogP contribution in [0.1, 0.15) is 6.42 Å². The molecule has 0 aliphatic rings. The Hall–Kier alpha value is -1.13. The lowest BCUT2D eigenvalue weighted by Gasteiger charge is -2.21. The summed E-state index contributed by atoms with van der Waals surface area (Å²) in [5.74, 6) is 0. The molecule has 1 aromatic carbocycles. The van der Waals surface area contributed by atoms with E-state index in [2.05, 4.69) is 36.3 Å². The van der Waals surface area contributed by atoms with E-state index in [0.29, 0.717) is 6.54 Å². The summed E-state index contributed by atoms with van der Waals surface area (Å²) in [6.07, 6.45) is 1.05. The molecule has 0 bridgehead atoms. The second-order valence-corrected chi connectivity index (χ2v) is 4.71. The maximum absolute atomic E-state index is 8.99. The van der Waals surface area contributed by atoms with E-state index in [1.54, 1.807) is 0 Å². The Kier molecular flexibility index (Phi) is 5.94. The largest absolute Gasteiger partial charge is 0.501 e. The number of likely N-dealkylation sites (N-methyl/N-ethyl adjacent to an activating group) is 1. The predicted molar refractivity (Wildman–Crippen MR) is 77.1 cm³/mol. The Labute approximate surface area is 109 Å². The monoisotopic (exact) mass is 252 g/mol. The standard InChI is InChI=1S/C13H20N2OS/c1-14(11-13(16)17)9-6-10-15(2)12-7-4-3-5-8-12/h3-5,7-8H,6,9-11H2,1-2H3,(H,16,17). The van der Waals surface area contributed by atoms with E-state index in [1.807, 2.05) is 30.1 Å². The van der Waals surface area contributed by atoms with E-state index in [9.17, 15) is 0 Å². The fourth-order valence-corrected chi connectivity index (χ4v) is 1.92. The van der Waals surface area contributed by atoms with Gasteiger partial charge in [-0.1, -0.05) is 18.2 Å². The molecule has 0 aliphatic heterocycles. The molecule has 0 radical (unpaired) electrons. The summed E-state index contributed by atoms with van der Waals surface area (Å²) in [6.45, 7) is 2.40. The minimum absolute atomic E-state index is 0.0592. The molecule has 0 aromatic heterocycles. The normalized spacial score (nSPS) is 10.5. The summed E-state index contributed by atoms with van der Waals surface area (Å²) < 4.78 is 0. The molecule has 1 N–H and O–H groups in total. The Morgan fingerprint density at radius 2 is 1.82 bits per heavy atom. The molecular formula is C13H20N2OS. The van der Waals surface area contributed by atoms with Crippen LogP contribution >= 0.6 is 12.2 Å². The molecule has 0 unspecified atom stereocenters. The summed E-state index contributed by atoms with van der Waals surface area (Å²) in [5.41, 5.74) is 1.23. The van der Waals surface area contributed by atoms with E-state index in [4.69, 9.17) is 5.11 Å². The fraction of sp³-hybridized carbons (Fsp3) is 0.462. The maximum atomic E-state index is 8.99. The molecule has 1 rings (SSSR count). The van der Waals surface area contributed by atoms with Crippen molar-refractivity contribution >= 4 is 23.0 Å². The third-order valence-corrected chi connectivity index (χ3v) is 2.76. The van der Waals surface area contributed by atoms with E-state index in [0.717, 1.165) is 19.5 Å². The van der Waals surface area contributed by atoms with Crippen molar-refractivity contribution in [3.05, 3.63) is 30.3 Å². The van der Waals surface area contributed by atoms with Crippen LogP contribution in [-0.4, -0.2) is 48.8 Å². The smallest absolute Gasteiger partial charge is 0.170 e. The van der Waals surface area contributed by atoms with Crippen molar-refractivity contribution < 1.29 is 5.11 Å². The lowest BCUT2D eigenvalue weighted by atomic mass is 10.3. The van der Waals surface area contributed by atoms with Gasteiger partial charge in [-0.25, -0.2) is 0 Å². The summed E-state index contributed by atoms with van der Waals surface area (Å²) >= 11 is 4.65. The number of anilines is 1. The van der Waals surface area contributed by atoms with Gasteiger partial charge >= 0.3 is 0 Å². The average Bonchev–Trinajstić information content (AvgIpc) is 2.29. The quantitative estimate of drug-likeness (QED) is 0.754. The molecule has 0 saturated heterocycles. The number of aliphatic hydroxyl groups excluding tert-OH is 1. The molecule has 0 atom stereocenters. The zero-order chi connectivity index (χ0) is 12.7. The van der Waals surface area contributed by atoms with Crippen molar-refractivity contribution in [2.24, 2.45) is 0 Å². The zero-order valence-corrected chi connectivity index (χ0v) is 11.3. The van der Waals surface area contributed by atoms with Gasteiger partial charge in [-0.15, -0.1) is 0 Å². The highest BCUT2D eigenvalue weighted by atomic mass is 32.1. The lowest BCUT2D eigenvalue weighted by molar-refractivity contribution is 0.356. The van der Waals surface area contributed by atoms with Crippen LogP contribution in [0.25, 0.3) is 0 Å². The van der Waals surface area contributed by atoms with Crippen molar-refractivity contribution in [2.45, 2.75) is 6.42 Å². The molecule has 3 nitrogen and oxygen atoms in total. The van der Waals surface area contributed by atoms with Crippen LogP contribution in [-0.2, 0) is 0 Å². The molecule has 0 amide bonds.